The first kappa shape index (κ1) is 18.9. The molecule has 122 valence electrons. The number of hydrogen-bond donors (Lipinski definition) is 1. The van der Waals surface area contributed by atoms with Crippen LogP contribution in [0.1, 0.15) is 21.5 Å². The van der Waals surface area contributed by atoms with E-state index in [0.717, 1.165) is 31.8 Å². The quantitative estimate of drug-likeness (QED) is 0.433. The van der Waals surface area contributed by atoms with E-state index < -0.39 is 0 Å². The molecule has 2 aromatic carbocycles. The van der Waals surface area contributed by atoms with Crippen molar-refractivity contribution in [3.05, 3.63) is 66.7 Å². The number of benzene rings is 2. The molecule has 0 bridgehead atoms. The zero-order valence-corrected chi connectivity index (χ0v) is 17.0. The van der Waals surface area contributed by atoms with Crippen LogP contribution < -0.4 is 5.32 Å². The largest absolute Gasteiger partial charge is 0.351 e. The Morgan fingerprint density at radius 2 is 2.00 bits per heavy atom. The second kappa shape index (κ2) is 9.16. The first-order chi connectivity index (χ1) is 11.0. The number of carbonyl (C=O) groups is 1. The molecule has 2 nitrogen and oxygen atoms in total. The molecule has 0 spiro atoms. The van der Waals surface area contributed by atoms with Crippen LogP contribution in [0.15, 0.2) is 36.4 Å². The van der Waals surface area contributed by atoms with Crippen molar-refractivity contribution < 1.29 is 4.79 Å². The van der Waals surface area contributed by atoms with E-state index >= 15 is 0 Å². The smallest absolute Gasteiger partial charge is 0.252 e. The third-order valence-electron chi connectivity index (χ3n) is 3.17. The van der Waals surface area contributed by atoms with Gasteiger partial charge in [0.05, 0.1) is 5.56 Å². The van der Waals surface area contributed by atoms with Gasteiger partial charge in [0.2, 0.25) is 0 Å². The summed E-state index contributed by atoms with van der Waals surface area (Å²) < 4.78 is 0.973. The summed E-state index contributed by atoms with van der Waals surface area (Å²) >= 11 is 15.9. The van der Waals surface area contributed by atoms with E-state index in [9.17, 15) is 4.79 Å². The highest BCUT2D eigenvalue weighted by Gasteiger charge is 2.09. The van der Waals surface area contributed by atoms with Crippen molar-refractivity contribution in [3.8, 4) is 0 Å². The van der Waals surface area contributed by atoms with Crippen LogP contribution >= 0.6 is 57.6 Å². The number of carbonyl (C=O) groups excluding carboxylic acids is 1. The predicted molar refractivity (Wildman–Crippen MR) is 109 cm³/mol. The normalized spacial score (nSPS) is 10.6. The minimum absolute atomic E-state index is 0.0282. The SMILES string of the molecule is Cc1ccc(C(=O)NCCSCc2ccc(Cl)cc2Cl)c(I)c1. The minimum atomic E-state index is -0.0282. The number of amides is 1. The van der Waals surface area contributed by atoms with Gasteiger partial charge in [0, 0.05) is 31.7 Å². The molecule has 0 saturated heterocycles. The number of aryl methyl sites for hydroxylation is 1. The number of nitrogens with one attached hydrogen (secondary N) is 1. The van der Waals surface area contributed by atoms with Crippen LogP contribution in [0.3, 0.4) is 0 Å². The molecule has 0 aliphatic carbocycles. The summed E-state index contributed by atoms with van der Waals surface area (Å²) in [6, 6.07) is 11.4. The summed E-state index contributed by atoms with van der Waals surface area (Å²) in [5.41, 5.74) is 2.93. The van der Waals surface area contributed by atoms with Crippen LogP contribution in [-0.2, 0) is 5.75 Å². The second-order valence-electron chi connectivity index (χ2n) is 5.03. The molecule has 23 heavy (non-hydrogen) atoms. The molecule has 0 saturated carbocycles. The Kier molecular flexibility index (Phi) is 7.53. The predicted octanol–water partition coefficient (Wildman–Crippen LogP) is 5.57. The number of halogens is 3. The molecule has 0 aliphatic heterocycles. The lowest BCUT2D eigenvalue weighted by Gasteiger charge is -2.08. The van der Waals surface area contributed by atoms with Gasteiger partial charge in [-0.25, -0.2) is 0 Å². The molecule has 1 N–H and O–H groups in total. The summed E-state index contributed by atoms with van der Waals surface area (Å²) in [7, 11) is 0. The fourth-order valence-electron chi connectivity index (χ4n) is 1.96. The Morgan fingerprint density at radius 3 is 2.70 bits per heavy atom. The first-order valence-electron chi connectivity index (χ1n) is 7.03. The van der Waals surface area contributed by atoms with Crippen molar-refractivity contribution in [1.82, 2.24) is 5.32 Å². The standard InChI is InChI=1S/C17H16Cl2INOS/c1-11-2-5-14(16(20)8-11)17(22)21-6-7-23-10-12-3-4-13(18)9-15(12)19/h2-5,8-9H,6-7,10H2,1H3,(H,21,22). The maximum Gasteiger partial charge on any atom is 0.252 e. The van der Waals surface area contributed by atoms with Gasteiger partial charge >= 0.3 is 0 Å². The van der Waals surface area contributed by atoms with Crippen LogP contribution in [0.2, 0.25) is 10.0 Å². The van der Waals surface area contributed by atoms with Crippen molar-refractivity contribution in [3.63, 3.8) is 0 Å². The third-order valence-corrected chi connectivity index (χ3v) is 5.66. The van der Waals surface area contributed by atoms with Gasteiger partial charge < -0.3 is 5.32 Å². The Hall–Kier alpha value is -0.430. The highest BCUT2D eigenvalue weighted by atomic mass is 127. The van der Waals surface area contributed by atoms with Gasteiger partial charge in [-0.05, 0) is 59.3 Å². The van der Waals surface area contributed by atoms with Crippen LogP contribution in [0.4, 0.5) is 0 Å². The Labute approximate surface area is 164 Å². The highest BCUT2D eigenvalue weighted by Crippen LogP contribution is 2.24. The first-order valence-corrected chi connectivity index (χ1v) is 10.0. The van der Waals surface area contributed by atoms with Gasteiger partial charge in [-0.1, -0.05) is 40.9 Å². The van der Waals surface area contributed by atoms with E-state index in [-0.39, 0.29) is 5.91 Å². The molecular weight excluding hydrogens is 464 g/mol. The lowest BCUT2D eigenvalue weighted by Crippen LogP contribution is -2.26. The van der Waals surface area contributed by atoms with Crippen LogP contribution in [-0.4, -0.2) is 18.2 Å². The minimum Gasteiger partial charge on any atom is -0.351 e. The van der Waals surface area contributed by atoms with Crippen molar-refractivity contribution in [1.29, 1.82) is 0 Å². The molecule has 1 amide bonds. The third kappa shape index (κ3) is 5.85. The molecule has 0 fully saturated rings. The average Bonchev–Trinajstić information content (AvgIpc) is 2.48. The van der Waals surface area contributed by atoms with Crippen molar-refractivity contribution in [2.45, 2.75) is 12.7 Å². The maximum absolute atomic E-state index is 12.1. The fraction of sp³-hybridized carbons (Fsp3) is 0.235. The molecule has 2 rings (SSSR count). The van der Waals surface area contributed by atoms with E-state index in [1.165, 1.54) is 0 Å². The molecule has 0 unspecified atom stereocenters. The number of hydrogen-bond acceptors (Lipinski definition) is 2. The highest BCUT2D eigenvalue weighted by molar-refractivity contribution is 14.1. The van der Waals surface area contributed by atoms with Crippen molar-refractivity contribution in [2.75, 3.05) is 12.3 Å². The summed E-state index contributed by atoms with van der Waals surface area (Å²) in [5, 5.41) is 4.28. The van der Waals surface area contributed by atoms with Gasteiger partial charge in [0.1, 0.15) is 0 Å². The zero-order chi connectivity index (χ0) is 16.8. The summed E-state index contributed by atoms with van der Waals surface area (Å²) in [4.78, 5) is 12.1. The lowest BCUT2D eigenvalue weighted by molar-refractivity contribution is 0.0955. The van der Waals surface area contributed by atoms with E-state index in [1.54, 1.807) is 17.8 Å². The van der Waals surface area contributed by atoms with Crippen molar-refractivity contribution >= 4 is 63.5 Å². The van der Waals surface area contributed by atoms with Crippen LogP contribution in [0.5, 0.6) is 0 Å². The van der Waals surface area contributed by atoms with Gasteiger partial charge in [0.25, 0.3) is 5.91 Å². The monoisotopic (exact) mass is 479 g/mol. The van der Waals surface area contributed by atoms with E-state index in [4.69, 9.17) is 23.2 Å². The van der Waals surface area contributed by atoms with Gasteiger partial charge in [-0.15, -0.1) is 0 Å². The summed E-state index contributed by atoms with van der Waals surface area (Å²) in [5.74, 6) is 1.60. The van der Waals surface area contributed by atoms with E-state index in [1.807, 2.05) is 37.3 Å². The van der Waals surface area contributed by atoms with Crippen molar-refractivity contribution in [2.24, 2.45) is 0 Å². The second-order valence-corrected chi connectivity index (χ2v) is 8.14. The summed E-state index contributed by atoms with van der Waals surface area (Å²) in [6.07, 6.45) is 0. The molecule has 0 aromatic heterocycles. The van der Waals surface area contributed by atoms with Crippen LogP contribution in [0, 0.1) is 10.5 Å². The zero-order valence-electron chi connectivity index (χ0n) is 12.5. The van der Waals surface area contributed by atoms with E-state index in [0.29, 0.717) is 16.6 Å². The Balaban J connectivity index is 1.76. The molecule has 6 heteroatoms. The Bertz CT molecular complexity index is 709. The molecule has 0 atom stereocenters. The maximum atomic E-state index is 12.1. The van der Waals surface area contributed by atoms with Gasteiger partial charge in [-0.3, -0.25) is 4.79 Å². The molecule has 0 aliphatic rings. The molecular formula is C17H16Cl2INOS. The lowest BCUT2D eigenvalue weighted by atomic mass is 10.1. The number of rotatable bonds is 6. The van der Waals surface area contributed by atoms with Gasteiger partial charge in [-0.2, -0.15) is 11.8 Å². The average molecular weight is 480 g/mol. The van der Waals surface area contributed by atoms with Gasteiger partial charge in [0.15, 0.2) is 0 Å². The molecule has 2 aromatic rings. The Morgan fingerprint density at radius 1 is 1.22 bits per heavy atom. The number of thioether (sulfide) groups is 1. The topological polar surface area (TPSA) is 29.1 Å². The van der Waals surface area contributed by atoms with Crippen LogP contribution in [0.25, 0.3) is 0 Å². The summed E-state index contributed by atoms with van der Waals surface area (Å²) in [6.45, 7) is 2.64. The molecule has 0 radical (unpaired) electrons. The fourth-order valence-corrected chi connectivity index (χ4v) is 4.29. The van der Waals surface area contributed by atoms with E-state index in [2.05, 4.69) is 27.9 Å². The molecule has 0 heterocycles.